The molecule has 9 heteroatoms. The lowest BCUT2D eigenvalue weighted by molar-refractivity contribution is -0.172. The first-order chi connectivity index (χ1) is 10.5. The highest BCUT2D eigenvalue weighted by Gasteiger charge is 2.33. The highest BCUT2D eigenvalue weighted by Crippen LogP contribution is 2.14. The summed E-state index contributed by atoms with van der Waals surface area (Å²) < 4.78 is 0. The van der Waals surface area contributed by atoms with Crippen LogP contribution in [0.15, 0.2) is 34.5 Å². The second kappa shape index (κ2) is 6.48. The summed E-state index contributed by atoms with van der Waals surface area (Å²) in [6.45, 7) is 0. The Morgan fingerprint density at radius 3 is 2.55 bits per heavy atom. The van der Waals surface area contributed by atoms with Crippen molar-refractivity contribution in [2.45, 2.75) is 12.8 Å². The van der Waals surface area contributed by atoms with Gasteiger partial charge in [0, 0.05) is 12.8 Å². The molecule has 1 aromatic carbocycles. The fourth-order valence-electron chi connectivity index (χ4n) is 1.70. The summed E-state index contributed by atoms with van der Waals surface area (Å²) >= 11 is 0. The number of benzene rings is 1. The summed E-state index contributed by atoms with van der Waals surface area (Å²) in [5.41, 5.74) is 10.9. The largest absolute Gasteiger partial charge is 0.369 e. The van der Waals surface area contributed by atoms with Crippen LogP contribution in [0.1, 0.15) is 28.8 Å². The molecule has 1 aliphatic rings. The van der Waals surface area contributed by atoms with E-state index in [0.717, 1.165) is 0 Å². The number of amides is 2. The first kappa shape index (κ1) is 15.2. The molecule has 1 aliphatic heterocycles. The van der Waals surface area contributed by atoms with Crippen LogP contribution < -0.4 is 11.5 Å². The molecule has 1 heterocycles. The highest BCUT2D eigenvalue weighted by atomic mass is 16.7. The number of hydrogen-bond acceptors (Lipinski definition) is 6. The number of imide groups is 1. The van der Waals surface area contributed by atoms with E-state index in [0.29, 0.717) is 10.6 Å². The molecule has 0 radical (unpaired) electrons. The van der Waals surface area contributed by atoms with Crippen molar-refractivity contribution < 1.29 is 19.2 Å². The van der Waals surface area contributed by atoms with Gasteiger partial charge in [-0.3, -0.25) is 9.59 Å². The molecule has 1 aromatic rings. The molecule has 0 bridgehead atoms. The fraction of sp³-hybridized carbons (Fsp3) is 0.154. The Hall–Kier alpha value is -3.23. The van der Waals surface area contributed by atoms with E-state index in [2.05, 4.69) is 10.2 Å². The zero-order valence-corrected chi connectivity index (χ0v) is 11.4. The minimum Gasteiger partial charge on any atom is -0.369 e. The summed E-state index contributed by atoms with van der Waals surface area (Å²) in [4.78, 5) is 39.5. The number of rotatable bonds is 4. The van der Waals surface area contributed by atoms with Gasteiger partial charge in [-0.25, -0.2) is 4.79 Å². The van der Waals surface area contributed by atoms with Crippen LogP contribution >= 0.6 is 0 Å². The van der Waals surface area contributed by atoms with Crippen molar-refractivity contribution in [1.29, 1.82) is 0 Å². The Bertz CT molecular complexity index is 663. The van der Waals surface area contributed by atoms with Crippen molar-refractivity contribution in [2.24, 2.45) is 21.7 Å². The molecule has 2 amide bonds. The zero-order chi connectivity index (χ0) is 16.1. The molecule has 0 aromatic heterocycles. The maximum absolute atomic E-state index is 11.9. The number of nitrogens with two attached hydrogens (primary N) is 2. The second-order valence-electron chi connectivity index (χ2n) is 4.36. The van der Waals surface area contributed by atoms with Gasteiger partial charge in [0.2, 0.25) is 5.96 Å². The third-order valence-electron chi connectivity index (χ3n) is 2.68. The molecule has 0 spiro atoms. The number of carbonyl (C=O) groups is 3. The van der Waals surface area contributed by atoms with Crippen molar-refractivity contribution in [3.63, 3.8) is 0 Å². The van der Waals surface area contributed by atoms with Crippen molar-refractivity contribution in [1.82, 2.24) is 5.06 Å². The molecule has 0 saturated carbocycles. The van der Waals surface area contributed by atoms with Gasteiger partial charge in [0.05, 0.1) is 11.8 Å². The lowest BCUT2D eigenvalue weighted by atomic mass is 10.1. The Morgan fingerprint density at radius 2 is 1.91 bits per heavy atom. The topological polar surface area (TPSA) is 140 Å². The van der Waals surface area contributed by atoms with Gasteiger partial charge >= 0.3 is 5.97 Å². The molecule has 22 heavy (non-hydrogen) atoms. The van der Waals surface area contributed by atoms with Crippen LogP contribution in [-0.2, 0) is 14.4 Å². The minimum absolute atomic E-state index is 0.0390. The third-order valence-corrected chi connectivity index (χ3v) is 2.68. The monoisotopic (exact) mass is 303 g/mol. The van der Waals surface area contributed by atoms with Crippen LogP contribution in [0.5, 0.6) is 0 Å². The number of hydrogen-bond donors (Lipinski definition) is 2. The van der Waals surface area contributed by atoms with Crippen LogP contribution in [-0.4, -0.2) is 35.0 Å². The molecular weight excluding hydrogens is 290 g/mol. The molecular formula is C13H13N5O4. The predicted molar refractivity (Wildman–Crippen MR) is 76.3 cm³/mol. The molecule has 1 fully saturated rings. The van der Waals surface area contributed by atoms with Gasteiger partial charge in [0.25, 0.3) is 11.8 Å². The summed E-state index contributed by atoms with van der Waals surface area (Å²) in [5, 5.41) is 7.53. The van der Waals surface area contributed by atoms with Crippen LogP contribution in [0.2, 0.25) is 0 Å². The van der Waals surface area contributed by atoms with Crippen molar-refractivity contribution in [2.75, 3.05) is 0 Å². The van der Waals surface area contributed by atoms with Crippen molar-refractivity contribution in [3.05, 3.63) is 35.4 Å². The average molecular weight is 303 g/mol. The summed E-state index contributed by atoms with van der Waals surface area (Å²) in [6.07, 6.45) is 1.41. The molecule has 0 atom stereocenters. The third kappa shape index (κ3) is 3.66. The summed E-state index contributed by atoms with van der Waals surface area (Å²) in [6, 6.07) is 6.18. The first-order valence-corrected chi connectivity index (χ1v) is 6.27. The van der Waals surface area contributed by atoms with Gasteiger partial charge in [-0.05, 0) is 17.7 Å². The quantitative estimate of drug-likeness (QED) is 0.333. The van der Waals surface area contributed by atoms with Crippen molar-refractivity contribution >= 4 is 30.0 Å². The number of guanidine groups is 1. The molecule has 9 nitrogen and oxygen atoms in total. The number of hydroxylamine groups is 2. The SMILES string of the molecule is NC(N)=NN=Cc1cccc(C(=O)ON2C(=O)CCC2=O)c1. The van der Waals surface area contributed by atoms with E-state index in [1.165, 1.54) is 18.3 Å². The first-order valence-electron chi connectivity index (χ1n) is 6.27. The van der Waals surface area contributed by atoms with Gasteiger partial charge in [0.15, 0.2) is 0 Å². The molecule has 114 valence electrons. The smallest absolute Gasteiger partial charge is 0.363 e. The van der Waals surface area contributed by atoms with Gasteiger partial charge in [0.1, 0.15) is 0 Å². The Kier molecular flexibility index (Phi) is 4.47. The zero-order valence-electron chi connectivity index (χ0n) is 11.4. The Morgan fingerprint density at radius 1 is 1.23 bits per heavy atom. The molecule has 2 rings (SSSR count). The van der Waals surface area contributed by atoms with E-state index in [1.807, 2.05) is 0 Å². The van der Waals surface area contributed by atoms with E-state index < -0.39 is 17.8 Å². The lowest BCUT2D eigenvalue weighted by Gasteiger charge is -2.12. The Labute approximate surface area is 125 Å². The van der Waals surface area contributed by atoms with Crippen LogP contribution in [0.3, 0.4) is 0 Å². The van der Waals surface area contributed by atoms with Crippen molar-refractivity contribution in [3.8, 4) is 0 Å². The fourth-order valence-corrected chi connectivity index (χ4v) is 1.70. The minimum atomic E-state index is -0.819. The lowest BCUT2D eigenvalue weighted by Crippen LogP contribution is -2.32. The van der Waals surface area contributed by atoms with Crippen LogP contribution in [0.25, 0.3) is 0 Å². The normalized spacial score (nSPS) is 14.5. The second-order valence-corrected chi connectivity index (χ2v) is 4.36. The van der Waals surface area contributed by atoms with Gasteiger partial charge in [-0.1, -0.05) is 12.1 Å². The highest BCUT2D eigenvalue weighted by molar-refractivity contribution is 6.03. The summed E-state index contributed by atoms with van der Waals surface area (Å²) in [5.74, 6) is -2.09. The summed E-state index contributed by atoms with van der Waals surface area (Å²) in [7, 11) is 0. The predicted octanol–water partition coefficient (Wildman–Crippen LogP) is -0.485. The van der Waals surface area contributed by atoms with E-state index in [1.54, 1.807) is 12.1 Å². The van der Waals surface area contributed by atoms with E-state index in [-0.39, 0.29) is 24.4 Å². The molecule has 0 aliphatic carbocycles. The molecule has 4 N–H and O–H groups in total. The maximum Gasteiger partial charge on any atom is 0.363 e. The van der Waals surface area contributed by atoms with Crippen LogP contribution in [0, 0.1) is 0 Å². The van der Waals surface area contributed by atoms with E-state index in [4.69, 9.17) is 16.3 Å². The van der Waals surface area contributed by atoms with E-state index in [9.17, 15) is 14.4 Å². The number of carbonyl (C=O) groups excluding carboxylic acids is 3. The Balaban J connectivity index is 2.10. The molecule has 1 saturated heterocycles. The molecule has 0 unspecified atom stereocenters. The van der Waals surface area contributed by atoms with Crippen LogP contribution in [0.4, 0.5) is 0 Å². The van der Waals surface area contributed by atoms with Gasteiger partial charge < -0.3 is 16.3 Å². The van der Waals surface area contributed by atoms with Gasteiger partial charge in [-0.15, -0.1) is 10.2 Å². The van der Waals surface area contributed by atoms with Gasteiger partial charge in [-0.2, -0.15) is 5.10 Å². The number of nitrogens with zero attached hydrogens (tertiary/aromatic N) is 3. The average Bonchev–Trinajstić information content (AvgIpc) is 2.79. The standard InChI is InChI=1S/C13H13N5O4/c14-13(15)17-16-7-8-2-1-3-9(6-8)12(21)22-18-10(19)4-5-11(18)20/h1-3,6-7H,4-5H2,(H4,14,15,17). The van der Waals surface area contributed by atoms with E-state index >= 15 is 0 Å². The maximum atomic E-state index is 11.9.